The number of fused-ring (bicyclic) bond motifs is 1. The lowest BCUT2D eigenvalue weighted by Gasteiger charge is -2.38. The first kappa shape index (κ1) is 13.8. The van der Waals surface area contributed by atoms with E-state index < -0.39 is 0 Å². The van der Waals surface area contributed by atoms with E-state index in [1.807, 2.05) is 0 Å². The molecule has 21 heavy (non-hydrogen) atoms. The summed E-state index contributed by atoms with van der Waals surface area (Å²) in [6.45, 7) is 3.06. The fraction of sp³-hybridized carbons (Fsp3) is 0.684. The number of rotatable bonds is 5. The van der Waals surface area contributed by atoms with E-state index in [4.69, 9.17) is 4.74 Å². The largest absolute Gasteiger partial charge is 0.381 e. The lowest BCUT2D eigenvalue weighted by atomic mass is 9.75. The minimum absolute atomic E-state index is 0.424. The molecule has 1 saturated carbocycles. The summed E-state index contributed by atoms with van der Waals surface area (Å²) in [5, 5.41) is 3.78. The molecule has 0 aromatic heterocycles. The van der Waals surface area contributed by atoms with Crippen molar-refractivity contribution in [1.29, 1.82) is 0 Å². The second kappa shape index (κ2) is 5.73. The zero-order valence-electron chi connectivity index (χ0n) is 13.0. The molecule has 2 aliphatic carbocycles. The van der Waals surface area contributed by atoms with Gasteiger partial charge >= 0.3 is 0 Å². The Morgan fingerprint density at radius 1 is 1.10 bits per heavy atom. The third-order valence-electron chi connectivity index (χ3n) is 5.64. The van der Waals surface area contributed by atoms with Crippen LogP contribution in [0.25, 0.3) is 0 Å². The Morgan fingerprint density at radius 3 is 2.71 bits per heavy atom. The molecule has 0 radical (unpaired) electrons. The van der Waals surface area contributed by atoms with Gasteiger partial charge in [0.2, 0.25) is 0 Å². The SMILES string of the molecule is c1cc2c(cc1CC1(CNC3CC3)CCOCC1)CCC2. The molecule has 1 aromatic carbocycles. The number of benzene rings is 1. The molecule has 1 N–H and O–H groups in total. The van der Waals surface area contributed by atoms with E-state index in [2.05, 4.69) is 23.5 Å². The summed E-state index contributed by atoms with van der Waals surface area (Å²) >= 11 is 0. The van der Waals surface area contributed by atoms with Crippen LogP contribution in [-0.4, -0.2) is 25.8 Å². The molecule has 114 valence electrons. The van der Waals surface area contributed by atoms with E-state index in [1.54, 1.807) is 16.7 Å². The second-order valence-electron chi connectivity index (χ2n) is 7.40. The smallest absolute Gasteiger partial charge is 0.0471 e. The number of ether oxygens (including phenoxy) is 1. The molecular weight excluding hydrogens is 258 g/mol. The van der Waals surface area contributed by atoms with Crippen molar-refractivity contribution >= 4 is 0 Å². The van der Waals surface area contributed by atoms with Crippen LogP contribution in [0.2, 0.25) is 0 Å². The standard InChI is InChI=1S/C19H27NO/c1-2-16-5-4-15(12-17(16)3-1)13-19(8-10-21-11-9-19)14-20-18-6-7-18/h4-5,12,18,20H,1-3,6-11,13-14H2. The summed E-state index contributed by atoms with van der Waals surface area (Å²) < 4.78 is 5.63. The highest BCUT2D eigenvalue weighted by molar-refractivity contribution is 5.35. The Bertz CT molecular complexity index is 500. The Hall–Kier alpha value is -0.860. The Morgan fingerprint density at radius 2 is 1.90 bits per heavy atom. The average molecular weight is 285 g/mol. The maximum atomic E-state index is 5.63. The molecule has 0 bridgehead atoms. The fourth-order valence-electron chi connectivity index (χ4n) is 4.04. The molecule has 1 saturated heterocycles. The van der Waals surface area contributed by atoms with Gasteiger partial charge in [0.1, 0.15) is 0 Å². The molecule has 0 spiro atoms. The monoisotopic (exact) mass is 285 g/mol. The second-order valence-corrected chi connectivity index (χ2v) is 7.40. The van der Waals surface area contributed by atoms with Crippen LogP contribution in [0.3, 0.4) is 0 Å². The van der Waals surface area contributed by atoms with Crippen LogP contribution in [0.1, 0.15) is 48.8 Å². The minimum Gasteiger partial charge on any atom is -0.381 e. The summed E-state index contributed by atoms with van der Waals surface area (Å²) in [5.74, 6) is 0. The minimum atomic E-state index is 0.424. The highest BCUT2D eigenvalue weighted by Gasteiger charge is 2.34. The molecular formula is C19H27NO. The van der Waals surface area contributed by atoms with Crippen molar-refractivity contribution in [3.05, 3.63) is 34.9 Å². The predicted molar refractivity (Wildman–Crippen MR) is 85.7 cm³/mol. The van der Waals surface area contributed by atoms with Gasteiger partial charge in [0.25, 0.3) is 0 Å². The molecule has 2 fully saturated rings. The maximum absolute atomic E-state index is 5.63. The van der Waals surface area contributed by atoms with Crippen LogP contribution in [0.4, 0.5) is 0 Å². The average Bonchev–Trinajstić information content (AvgIpc) is 3.23. The van der Waals surface area contributed by atoms with Crippen molar-refractivity contribution in [3.8, 4) is 0 Å². The quantitative estimate of drug-likeness (QED) is 0.896. The summed E-state index contributed by atoms with van der Waals surface area (Å²) in [4.78, 5) is 0. The normalized spacial score (nSPS) is 24.0. The van der Waals surface area contributed by atoms with Crippen LogP contribution in [0.5, 0.6) is 0 Å². The first-order valence-electron chi connectivity index (χ1n) is 8.75. The zero-order valence-corrected chi connectivity index (χ0v) is 13.0. The number of nitrogens with one attached hydrogen (secondary N) is 1. The topological polar surface area (TPSA) is 21.3 Å². The van der Waals surface area contributed by atoms with E-state index in [0.717, 1.165) is 19.3 Å². The van der Waals surface area contributed by atoms with Gasteiger partial charge in [0, 0.05) is 25.8 Å². The lowest BCUT2D eigenvalue weighted by molar-refractivity contribution is 0.0147. The molecule has 2 heteroatoms. The third kappa shape index (κ3) is 3.17. The molecule has 1 aromatic rings. The van der Waals surface area contributed by atoms with Crippen molar-refractivity contribution in [2.24, 2.45) is 5.41 Å². The Kier molecular flexibility index (Phi) is 3.76. The molecule has 0 unspecified atom stereocenters. The Labute approximate surface area is 128 Å². The first-order chi connectivity index (χ1) is 10.3. The van der Waals surface area contributed by atoms with Gasteiger partial charge in [-0.05, 0) is 73.5 Å². The van der Waals surface area contributed by atoms with Gasteiger partial charge in [-0.3, -0.25) is 0 Å². The van der Waals surface area contributed by atoms with Gasteiger partial charge in [-0.25, -0.2) is 0 Å². The number of hydrogen-bond donors (Lipinski definition) is 1. The van der Waals surface area contributed by atoms with Crippen LogP contribution < -0.4 is 5.32 Å². The molecule has 3 aliphatic rings. The van der Waals surface area contributed by atoms with Crippen molar-refractivity contribution in [1.82, 2.24) is 5.32 Å². The van der Waals surface area contributed by atoms with Gasteiger partial charge < -0.3 is 10.1 Å². The maximum Gasteiger partial charge on any atom is 0.0471 e. The van der Waals surface area contributed by atoms with Crippen molar-refractivity contribution in [2.75, 3.05) is 19.8 Å². The molecule has 0 amide bonds. The third-order valence-corrected chi connectivity index (χ3v) is 5.64. The molecule has 0 atom stereocenters. The van der Waals surface area contributed by atoms with E-state index in [0.29, 0.717) is 5.41 Å². The highest BCUT2D eigenvalue weighted by atomic mass is 16.5. The van der Waals surface area contributed by atoms with Crippen LogP contribution in [0, 0.1) is 5.41 Å². The van der Waals surface area contributed by atoms with Gasteiger partial charge in [0.05, 0.1) is 0 Å². The molecule has 2 nitrogen and oxygen atoms in total. The summed E-state index contributed by atoms with van der Waals surface area (Å²) in [7, 11) is 0. The van der Waals surface area contributed by atoms with Crippen LogP contribution in [-0.2, 0) is 24.0 Å². The zero-order chi connectivity index (χ0) is 14.1. The fourth-order valence-corrected chi connectivity index (χ4v) is 4.04. The van der Waals surface area contributed by atoms with Gasteiger partial charge in [-0.1, -0.05) is 18.2 Å². The summed E-state index contributed by atoms with van der Waals surface area (Å²) in [6, 6.07) is 8.08. The number of hydrogen-bond acceptors (Lipinski definition) is 2. The van der Waals surface area contributed by atoms with Crippen molar-refractivity contribution in [2.45, 2.75) is 57.4 Å². The van der Waals surface area contributed by atoms with E-state index >= 15 is 0 Å². The van der Waals surface area contributed by atoms with Crippen LogP contribution in [0.15, 0.2) is 18.2 Å². The van der Waals surface area contributed by atoms with Crippen LogP contribution >= 0.6 is 0 Å². The van der Waals surface area contributed by atoms with E-state index in [9.17, 15) is 0 Å². The van der Waals surface area contributed by atoms with E-state index in [1.165, 1.54) is 57.9 Å². The summed E-state index contributed by atoms with van der Waals surface area (Å²) in [6.07, 6.45) is 10.3. The number of aryl methyl sites for hydroxylation is 2. The van der Waals surface area contributed by atoms with E-state index in [-0.39, 0.29) is 0 Å². The van der Waals surface area contributed by atoms with Crippen molar-refractivity contribution in [3.63, 3.8) is 0 Å². The van der Waals surface area contributed by atoms with Crippen molar-refractivity contribution < 1.29 is 4.74 Å². The molecule has 1 aliphatic heterocycles. The predicted octanol–water partition coefficient (Wildman–Crippen LogP) is 3.27. The lowest BCUT2D eigenvalue weighted by Crippen LogP contribution is -2.41. The highest BCUT2D eigenvalue weighted by Crippen LogP contribution is 2.36. The van der Waals surface area contributed by atoms with Gasteiger partial charge in [-0.2, -0.15) is 0 Å². The first-order valence-corrected chi connectivity index (χ1v) is 8.75. The Balaban J connectivity index is 1.49. The van der Waals surface area contributed by atoms with Gasteiger partial charge in [0.15, 0.2) is 0 Å². The molecule has 1 heterocycles. The molecule has 4 rings (SSSR count). The van der Waals surface area contributed by atoms with Gasteiger partial charge in [-0.15, -0.1) is 0 Å². The summed E-state index contributed by atoms with van der Waals surface area (Å²) in [5.41, 5.74) is 5.18.